The van der Waals surface area contributed by atoms with Gasteiger partial charge in [0.05, 0.1) is 0 Å². The molecule has 1 amide bonds. The van der Waals surface area contributed by atoms with Gasteiger partial charge in [-0.2, -0.15) is 0 Å². The average Bonchev–Trinajstić information content (AvgIpc) is 2.84. The molecule has 1 aliphatic carbocycles. The summed E-state index contributed by atoms with van der Waals surface area (Å²) in [5, 5.41) is 5.43. The zero-order chi connectivity index (χ0) is 21.0. The van der Waals surface area contributed by atoms with E-state index in [0.29, 0.717) is 6.04 Å². The Kier molecular flexibility index (Phi) is 5.74. The van der Waals surface area contributed by atoms with Crippen molar-refractivity contribution in [2.24, 2.45) is 0 Å². The number of rotatable bonds is 4. The number of hydrogen-bond acceptors (Lipinski definition) is 4. The van der Waals surface area contributed by atoms with Crippen LogP contribution in [0.5, 0.6) is 0 Å². The number of carbonyl (C=O) groups excluding carboxylic acids is 1. The van der Waals surface area contributed by atoms with Crippen molar-refractivity contribution in [3.05, 3.63) is 66.4 Å². The zero-order valence-electron chi connectivity index (χ0n) is 18.0. The summed E-state index contributed by atoms with van der Waals surface area (Å²) in [6.07, 6.45) is 7.78. The Morgan fingerprint density at radius 1 is 0.871 bits per heavy atom. The van der Waals surface area contributed by atoms with Gasteiger partial charge in [0.15, 0.2) is 0 Å². The minimum Gasteiger partial charge on any atom is -0.368 e. The van der Waals surface area contributed by atoms with Crippen LogP contribution in [0.25, 0.3) is 10.8 Å². The molecular formula is C26H30N4O. The molecule has 3 aromatic rings. The lowest BCUT2D eigenvalue weighted by molar-refractivity contribution is 0.0928. The number of pyridine rings is 1. The molecule has 2 aromatic carbocycles. The molecule has 5 rings (SSSR count). The molecule has 160 valence electrons. The van der Waals surface area contributed by atoms with Crippen molar-refractivity contribution in [1.82, 2.24) is 10.3 Å². The maximum atomic E-state index is 12.9. The number of amides is 1. The van der Waals surface area contributed by atoms with Crippen LogP contribution in [0.2, 0.25) is 0 Å². The van der Waals surface area contributed by atoms with Crippen LogP contribution in [-0.4, -0.2) is 43.1 Å². The van der Waals surface area contributed by atoms with Crippen LogP contribution in [0.15, 0.2) is 60.8 Å². The molecular weight excluding hydrogens is 384 g/mol. The molecule has 5 heteroatoms. The lowest BCUT2D eigenvalue weighted by atomic mass is 9.95. The SMILES string of the molecule is O=C(NC1CCCCC1)c1ccc2ccnc(N3CCN(c4ccccc4)CC3)c2c1. The normalized spacial score (nSPS) is 17.7. The Morgan fingerprint density at radius 2 is 1.61 bits per heavy atom. The molecule has 2 aliphatic rings. The van der Waals surface area contributed by atoms with Gasteiger partial charge in [0.1, 0.15) is 5.82 Å². The Morgan fingerprint density at radius 3 is 2.39 bits per heavy atom. The van der Waals surface area contributed by atoms with Gasteiger partial charge in [0.25, 0.3) is 5.91 Å². The highest BCUT2D eigenvalue weighted by Gasteiger charge is 2.21. The van der Waals surface area contributed by atoms with Gasteiger partial charge in [-0.25, -0.2) is 4.98 Å². The first kappa shape index (κ1) is 19.9. The van der Waals surface area contributed by atoms with Crippen LogP contribution in [-0.2, 0) is 0 Å². The van der Waals surface area contributed by atoms with Crippen molar-refractivity contribution in [3.8, 4) is 0 Å². The Bertz CT molecular complexity index is 1040. The van der Waals surface area contributed by atoms with E-state index in [9.17, 15) is 4.79 Å². The van der Waals surface area contributed by atoms with E-state index in [1.165, 1.54) is 24.9 Å². The third-order valence-corrected chi connectivity index (χ3v) is 6.65. The van der Waals surface area contributed by atoms with Gasteiger partial charge in [-0.15, -0.1) is 0 Å². The number of benzene rings is 2. The summed E-state index contributed by atoms with van der Waals surface area (Å²) < 4.78 is 0. The number of nitrogens with zero attached hydrogens (tertiary/aromatic N) is 3. The van der Waals surface area contributed by atoms with Crippen molar-refractivity contribution < 1.29 is 4.79 Å². The molecule has 0 unspecified atom stereocenters. The summed E-state index contributed by atoms with van der Waals surface area (Å²) >= 11 is 0. The minimum absolute atomic E-state index is 0.0394. The summed E-state index contributed by atoms with van der Waals surface area (Å²) in [4.78, 5) is 22.4. The van der Waals surface area contributed by atoms with Crippen LogP contribution in [0.1, 0.15) is 42.5 Å². The molecule has 2 heterocycles. The molecule has 31 heavy (non-hydrogen) atoms. The Balaban J connectivity index is 1.34. The molecule has 1 N–H and O–H groups in total. The molecule has 0 atom stereocenters. The largest absolute Gasteiger partial charge is 0.368 e. The molecule has 0 bridgehead atoms. The molecule has 0 radical (unpaired) electrons. The van der Waals surface area contributed by atoms with Gasteiger partial charge >= 0.3 is 0 Å². The Labute approximate surface area is 184 Å². The van der Waals surface area contributed by atoms with E-state index >= 15 is 0 Å². The van der Waals surface area contributed by atoms with E-state index in [-0.39, 0.29) is 5.91 Å². The molecule has 5 nitrogen and oxygen atoms in total. The maximum Gasteiger partial charge on any atom is 0.251 e. The predicted octanol–water partition coefficient (Wildman–Crippen LogP) is 4.62. The molecule has 1 saturated heterocycles. The molecule has 1 aliphatic heterocycles. The van der Waals surface area contributed by atoms with Crippen LogP contribution in [0.3, 0.4) is 0 Å². The number of nitrogens with one attached hydrogen (secondary N) is 1. The first-order chi connectivity index (χ1) is 15.3. The number of piperazine rings is 1. The van der Waals surface area contributed by atoms with E-state index in [4.69, 9.17) is 4.98 Å². The molecule has 2 fully saturated rings. The zero-order valence-corrected chi connectivity index (χ0v) is 18.0. The molecule has 1 saturated carbocycles. The van der Waals surface area contributed by atoms with Crippen molar-refractivity contribution >= 4 is 28.2 Å². The van der Waals surface area contributed by atoms with Crippen LogP contribution < -0.4 is 15.1 Å². The number of hydrogen-bond donors (Lipinski definition) is 1. The minimum atomic E-state index is 0.0394. The van der Waals surface area contributed by atoms with E-state index < -0.39 is 0 Å². The van der Waals surface area contributed by atoms with Crippen molar-refractivity contribution in [1.29, 1.82) is 0 Å². The second-order valence-corrected chi connectivity index (χ2v) is 8.69. The number of aromatic nitrogens is 1. The fourth-order valence-electron chi connectivity index (χ4n) is 4.88. The van der Waals surface area contributed by atoms with Crippen LogP contribution in [0.4, 0.5) is 11.5 Å². The topological polar surface area (TPSA) is 48.5 Å². The Hall–Kier alpha value is -3.08. The molecule has 0 spiro atoms. The van der Waals surface area contributed by atoms with Gasteiger partial charge in [0.2, 0.25) is 0 Å². The first-order valence-corrected chi connectivity index (χ1v) is 11.5. The highest BCUT2D eigenvalue weighted by atomic mass is 16.1. The first-order valence-electron chi connectivity index (χ1n) is 11.5. The highest BCUT2D eigenvalue weighted by Crippen LogP contribution is 2.28. The maximum absolute atomic E-state index is 12.9. The summed E-state index contributed by atoms with van der Waals surface area (Å²) in [7, 11) is 0. The van der Waals surface area contributed by atoms with Crippen molar-refractivity contribution in [2.75, 3.05) is 36.0 Å². The highest BCUT2D eigenvalue weighted by molar-refractivity contribution is 6.01. The van der Waals surface area contributed by atoms with Gasteiger partial charge in [-0.05, 0) is 48.6 Å². The number of para-hydroxylation sites is 1. The number of anilines is 2. The van der Waals surface area contributed by atoms with Crippen LogP contribution >= 0.6 is 0 Å². The smallest absolute Gasteiger partial charge is 0.251 e. The van der Waals surface area contributed by atoms with Crippen molar-refractivity contribution in [2.45, 2.75) is 38.1 Å². The van der Waals surface area contributed by atoms with Gasteiger partial charge in [0, 0.05) is 55.1 Å². The standard InChI is InChI=1S/C26H30N4O/c31-26(28-22-7-3-1-4-8-22)21-12-11-20-13-14-27-25(24(20)19-21)30-17-15-29(16-18-30)23-9-5-2-6-10-23/h2,5-6,9-14,19,22H,1,3-4,7-8,15-18H2,(H,28,31). The lowest BCUT2D eigenvalue weighted by Gasteiger charge is -2.37. The van der Waals surface area contributed by atoms with E-state index in [1.54, 1.807) is 0 Å². The van der Waals surface area contributed by atoms with Crippen LogP contribution in [0, 0.1) is 0 Å². The fourth-order valence-corrected chi connectivity index (χ4v) is 4.88. The second kappa shape index (κ2) is 8.96. The monoisotopic (exact) mass is 414 g/mol. The second-order valence-electron chi connectivity index (χ2n) is 8.69. The third-order valence-electron chi connectivity index (χ3n) is 6.65. The summed E-state index contributed by atoms with van der Waals surface area (Å²) in [5.74, 6) is 1.02. The molecule has 1 aromatic heterocycles. The lowest BCUT2D eigenvalue weighted by Crippen LogP contribution is -2.46. The quantitative estimate of drug-likeness (QED) is 0.677. The van der Waals surface area contributed by atoms with Gasteiger partial charge in [-0.1, -0.05) is 43.5 Å². The summed E-state index contributed by atoms with van der Waals surface area (Å²) in [6, 6.07) is 18.9. The third kappa shape index (κ3) is 4.36. The summed E-state index contributed by atoms with van der Waals surface area (Å²) in [6.45, 7) is 3.76. The number of carbonyl (C=O) groups is 1. The predicted molar refractivity (Wildman–Crippen MR) is 127 cm³/mol. The van der Waals surface area contributed by atoms with E-state index in [1.807, 2.05) is 24.4 Å². The van der Waals surface area contributed by atoms with E-state index in [0.717, 1.165) is 61.2 Å². The van der Waals surface area contributed by atoms with Gasteiger partial charge in [-0.3, -0.25) is 4.79 Å². The van der Waals surface area contributed by atoms with Gasteiger partial charge < -0.3 is 15.1 Å². The number of fused-ring (bicyclic) bond motifs is 1. The fraction of sp³-hybridized carbons (Fsp3) is 0.385. The van der Waals surface area contributed by atoms with Crippen molar-refractivity contribution in [3.63, 3.8) is 0 Å². The summed E-state index contributed by atoms with van der Waals surface area (Å²) in [5.41, 5.74) is 2.00. The average molecular weight is 415 g/mol. The van der Waals surface area contributed by atoms with E-state index in [2.05, 4.69) is 51.5 Å².